The molecule has 0 aromatic heterocycles. The summed E-state index contributed by atoms with van der Waals surface area (Å²) in [6, 6.07) is 7.12. The lowest BCUT2D eigenvalue weighted by molar-refractivity contribution is -0.110. The summed E-state index contributed by atoms with van der Waals surface area (Å²) >= 11 is 0. The van der Waals surface area contributed by atoms with Crippen molar-refractivity contribution in [2.45, 2.75) is 12.0 Å². The van der Waals surface area contributed by atoms with Crippen LogP contribution in [0, 0.1) is 0 Å². The third kappa shape index (κ3) is 1.29. The van der Waals surface area contributed by atoms with Gasteiger partial charge >= 0.3 is 0 Å². The van der Waals surface area contributed by atoms with Gasteiger partial charge in [-0.3, -0.25) is 0 Å². The number of hydrogen-bond donors (Lipinski definition) is 1. The normalized spacial score (nSPS) is 32.1. The number of aliphatic hydroxyl groups excluding tert-OH is 1. The molecule has 0 fully saturated rings. The third-order valence-corrected chi connectivity index (χ3v) is 2.18. The first-order valence-electron chi connectivity index (χ1n) is 4.60. The second-order valence-corrected chi connectivity index (χ2v) is 2.96. The van der Waals surface area contributed by atoms with Crippen LogP contribution in [0.3, 0.4) is 0 Å². The molecule has 66 valence electrons. The topological polar surface area (TPSA) is 37.3 Å². The molecule has 2 atom stereocenters. The smallest absolute Gasteiger partial charge is 0.130 e. The molecule has 2 rings (SSSR count). The molecule has 1 aliphatic rings. The van der Waals surface area contributed by atoms with Gasteiger partial charge in [-0.2, -0.15) is 0 Å². The van der Waals surface area contributed by atoms with E-state index >= 15 is 0 Å². The van der Waals surface area contributed by atoms with Crippen LogP contribution in [0.5, 0.6) is 0 Å². The van der Waals surface area contributed by atoms with Crippen molar-refractivity contribution < 1.29 is 11.3 Å². The second-order valence-electron chi connectivity index (χ2n) is 2.96. The summed E-state index contributed by atoms with van der Waals surface area (Å²) in [6.07, 6.45) is 2.63. The fraction of sp³-hybridized carbons (Fsp3) is 0.182. The van der Waals surface area contributed by atoms with Gasteiger partial charge in [0.25, 0.3) is 0 Å². The predicted octanol–water partition coefficient (Wildman–Crippen LogP) is 1.36. The highest BCUT2D eigenvalue weighted by Gasteiger charge is 2.23. The maximum atomic E-state index is 10.9. The van der Waals surface area contributed by atoms with E-state index in [1.54, 1.807) is 18.2 Å². The summed E-state index contributed by atoms with van der Waals surface area (Å²) in [5, 5.41) is 9.57. The minimum atomic E-state index is -1.55. The van der Waals surface area contributed by atoms with E-state index < -0.39 is 12.0 Å². The molecule has 0 spiro atoms. The molecule has 0 heterocycles. The molecule has 0 saturated heterocycles. The lowest BCUT2D eigenvalue weighted by Gasteiger charge is -2.21. The first-order chi connectivity index (χ1) is 6.68. The van der Waals surface area contributed by atoms with Crippen LogP contribution in [0.25, 0.3) is 6.08 Å². The Morgan fingerprint density at radius 2 is 2.23 bits per heavy atom. The van der Waals surface area contributed by atoms with Gasteiger partial charge in [-0.05, 0) is 11.1 Å². The summed E-state index contributed by atoms with van der Waals surface area (Å²) in [6.45, 7) is 0. The van der Waals surface area contributed by atoms with Gasteiger partial charge in [0.15, 0.2) is 0 Å². The minimum absolute atomic E-state index is 0.486. The molecular weight excluding hydrogens is 164 g/mol. The maximum absolute atomic E-state index is 10.9. The van der Waals surface area contributed by atoms with Crippen molar-refractivity contribution in [3.63, 3.8) is 0 Å². The molecular formula is C11H10O2. The zero-order valence-corrected chi connectivity index (χ0v) is 6.97. The van der Waals surface area contributed by atoms with Crippen molar-refractivity contribution in [2.24, 2.45) is 0 Å². The number of carbonyl (C=O) groups is 1. The maximum Gasteiger partial charge on any atom is 0.130 e. The highest BCUT2D eigenvalue weighted by atomic mass is 16.3. The Kier molecular flexibility index (Phi) is 1.70. The molecule has 1 N–H and O–H groups in total. The number of rotatable bonds is 1. The van der Waals surface area contributed by atoms with Crippen LogP contribution in [0.4, 0.5) is 0 Å². The van der Waals surface area contributed by atoms with Crippen LogP contribution in [-0.2, 0) is 4.79 Å². The molecule has 2 nitrogen and oxygen atoms in total. The van der Waals surface area contributed by atoms with Crippen molar-refractivity contribution >= 4 is 12.4 Å². The Bertz CT molecular complexity index is 400. The second kappa shape index (κ2) is 3.15. The lowest BCUT2D eigenvalue weighted by Crippen LogP contribution is -2.20. The van der Waals surface area contributed by atoms with Gasteiger partial charge in [-0.15, -0.1) is 0 Å². The summed E-state index contributed by atoms with van der Waals surface area (Å²) < 4.78 is 7.89. The third-order valence-electron chi connectivity index (χ3n) is 2.18. The van der Waals surface area contributed by atoms with E-state index in [0.29, 0.717) is 11.8 Å². The number of hydrogen-bond acceptors (Lipinski definition) is 2. The Labute approximate surface area is 77.9 Å². The molecule has 1 aliphatic carbocycles. The van der Waals surface area contributed by atoms with Crippen molar-refractivity contribution in [3.05, 3.63) is 41.5 Å². The van der Waals surface area contributed by atoms with E-state index in [9.17, 15) is 9.90 Å². The van der Waals surface area contributed by atoms with Crippen molar-refractivity contribution in [3.8, 4) is 0 Å². The predicted molar refractivity (Wildman–Crippen MR) is 50.3 cm³/mol. The number of fused-ring (bicyclic) bond motifs is 1. The van der Waals surface area contributed by atoms with Gasteiger partial charge in [-0.1, -0.05) is 36.4 Å². The van der Waals surface area contributed by atoms with Crippen molar-refractivity contribution in [1.82, 2.24) is 0 Å². The van der Waals surface area contributed by atoms with E-state index in [-0.39, 0.29) is 0 Å². The number of aldehydes is 1. The van der Waals surface area contributed by atoms with Crippen LogP contribution >= 0.6 is 0 Å². The molecule has 1 aromatic rings. The van der Waals surface area contributed by atoms with Gasteiger partial charge in [0.2, 0.25) is 0 Å². The largest absolute Gasteiger partial charge is 0.388 e. The quantitative estimate of drug-likeness (QED) is 0.654. The Balaban J connectivity index is 2.65. The van der Waals surface area contributed by atoms with E-state index in [2.05, 4.69) is 0 Å². The molecule has 1 aromatic carbocycles. The standard InChI is InChI=1S/C11H10O2/c12-7-10-9-4-2-1-3-8(9)5-6-11(10)13/h1-7,10-11,13H/i10D. The van der Waals surface area contributed by atoms with Gasteiger partial charge < -0.3 is 9.90 Å². The van der Waals surface area contributed by atoms with Gasteiger partial charge in [0.1, 0.15) is 6.29 Å². The summed E-state index contributed by atoms with van der Waals surface area (Å²) in [5.41, 5.74) is 1.38. The number of aliphatic hydroxyl groups is 1. The summed E-state index contributed by atoms with van der Waals surface area (Å²) in [7, 11) is 0. The van der Waals surface area contributed by atoms with E-state index in [1.807, 2.05) is 12.1 Å². The average Bonchev–Trinajstić information content (AvgIpc) is 2.24. The van der Waals surface area contributed by atoms with Crippen LogP contribution in [0.15, 0.2) is 30.3 Å². The van der Waals surface area contributed by atoms with Gasteiger partial charge in [-0.25, -0.2) is 0 Å². The number of benzene rings is 1. The Hall–Kier alpha value is -1.41. The molecule has 0 saturated carbocycles. The molecule has 0 radical (unpaired) electrons. The monoisotopic (exact) mass is 175 g/mol. The fourth-order valence-electron chi connectivity index (χ4n) is 1.50. The lowest BCUT2D eigenvalue weighted by atomic mass is 9.86. The molecule has 2 unspecified atom stereocenters. The highest BCUT2D eigenvalue weighted by molar-refractivity contribution is 5.72. The first kappa shape index (κ1) is 7.04. The first-order valence-corrected chi connectivity index (χ1v) is 4.10. The Morgan fingerprint density at radius 1 is 1.46 bits per heavy atom. The van der Waals surface area contributed by atoms with Crippen LogP contribution < -0.4 is 0 Å². The van der Waals surface area contributed by atoms with Crippen LogP contribution in [0.2, 0.25) is 0 Å². The Morgan fingerprint density at radius 3 is 3.00 bits per heavy atom. The SMILES string of the molecule is [2H]C1(C=O)c2ccccc2C=CC1O. The molecule has 13 heavy (non-hydrogen) atoms. The van der Waals surface area contributed by atoms with E-state index in [4.69, 9.17) is 1.37 Å². The minimum Gasteiger partial charge on any atom is -0.388 e. The highest BCUT2D eigenvalue weighted by Crippen LogP contribution is 2.27. The molecule has 0 bridgehead atoms. The fourth-order valence-corrected chi connectivity index (χ4v) is 1.50. The summed E-state index contributed by atoms with van der Waals surface area (Å²) in [5.74, 6) is -1.55. The van der Waals surface area contributed by atoms with Gasteiger partial charge in [0.05, 0.1) is 12.0 Å². The van der Waals surface area contributed by atoms with E-state index in [1.165, 1.54) is 6.08 Å². The molecule has 2 heteroatoms. The van der Waals surface area contributed by atoms with Crippen LogP contribution in [-0.4, -0.2) is 17.5 Å². The molecule has 0 aliphatic heterocycles. The van der Waals surface area contributed by atoms with Crippen molar-refractivity contribution in [1.29, 1.82) is 0 Å². The number of carbonyl (C=O) groups excluding carboxylic acids is 1. The van der Waals surface area contributed by atoms with E-state index in [0.717, 1.165) is 5.56 Å². The zero-order valence-electron chi connectivity index (χ0n) is 7.97. The van der Waals surface area contributed by atoms with Crippen molar-refractivity contribution in [2.75, 3.05) is 0 Å². The summed E-state index contributed by atoms with van der Waals surface area (Å²) in [4.78, 5) is 10.9. The van der Waals surface area contributed by atoms with Crippen LogP contribution in [0.1, 0.15) is 18.4 Å². The molecule has 0 amide bonds. The zero-order chi connectivity index (χ0) is 10.2. The van der Waals surface area contributed by atoms with Gasteiger partial charge in [0, 0.05) is 1.37 Å². The average molecular weight is 175 g/mol.